The molecule has 0 aromatic carbocycles. The molecule has 0 nitrogen and oxygen atoms in total. The maximum Gasteiger partial charge on any atom is 0.0546 e. The summed E-state index contributed by atoms with van der Waals surface area (Å²) in [4.78, 5) is 0. The van der Waals surface area contributed by atoms with E-state index in [4.69, 9.17) is 11.6 Å². The van der Waals surface area contributed by atoms with Gasteiger partial charge >= 0.3 is 0 Å². The SMILES string of the molecule is CC(C)C1CCC=CC1Cl. The van der Waals surface area contributed by atoms with Gasteiger partial charge in [-0.3, -0.25) is 0 Å². The average Bonchev–Trinajstić information content (AvgIpc) is 1.88. The monoisotopic (exact) mass is 158 g/mol. The van der Waals surface area contributed by atoms with E-state index in [1.807, 2.05) is 0 Å². The minimum atomic E-state index is 0.286. The van der Waals surface area contributed by atoms with Crippen LogP contribution in [-0.2, 0) is 0 Å². The third kappa shape index (κ3) is 1.76. The van der Waals surface area contributed by atoms with E-state index in [-0.39, 0.29) is 5.38 Å². The highest BCUT2D eigenvalue weighted by Gasteiger charge is 2.21. The van der Waals surface area contributed by atoms with Crippen LogP contribution in [0, 0.1) is 11.8 Å². The minimum absolute atomic E-state index is 0.286. The van der Waals surface area contributed by atoms with Gasteiger partial charge in [-0.15, -0.1) is 11.6 Å². The molecule has 0 saturated carbocycles. The molecular formula is C9H15Cl. The van der Waals surface area contributed by atoms with Crippen molar-refractivity contribution in [2.45, 2.75) is 32.1 Å². The Hall–Kier alpha value is 0.0300. The first-order valence-corrected chi connectivity index (χ1v) is 4.46. The van der Waals surface area contributed by atoms with Gasteiger partial charge in [0.2, 0.25) is 0 Å². The Labute approximate surface area is 68.3 Å². The summed E-state index contributed by atoms with van der Waals surface area (Å²) < 4.78 is 0. The maximum absolute atomic E-state index is 6.09. The molecule has 0 fully saturated rings. The van der Waals surface area contributed by atoms with E-state index in [2.05, 4.69) is 26.0 Å². The summed E-state index contributed by atoms with van der Waals surface area (Å²) in [6.07, 6.45) is 6.81. The molecule has 1 heteroatoms. The van der Waals surface area contributed by atoms with Crippen molar-refractivity contribution in [3.05, 3.63) is 12.2 Å². The molecule has 0 N–H and O–H groups in total. The molecular weight excluding hydrogens is 144 g/mol. The van der Waals surface area contributed by atoms with Crippen LogP contribution in [0.1, 0.15) is 26.7 Å². The van der Waals surface area contributed by atoms with Crippen molar-refractivity contribution < 1.29 is 0 Å². The summed E-state index contributed by atoms with van der Waals surface area (Å²) in [5, 5.41) is 0.286. The van der Waals surface area contributed by atoms with Crippen molar-refractivity contribution in [2.75, 3.05) is 0 Å². The van der Waals surface area contributed by atoms with Crippen molar-refractivity contribution in [1.82, 2.24) is 0 Å². The van der Waals surface area contributed by atoms with Crippen LogP contribution in [0.4, 0.5) is 0 Å². The fraction of sp³-hybridized carbons (Fsp3) is 0.778. The largest absolute Gasteiger partial charge is 0.118 e. The number of hydrogen-bond acceptors (Lipinski definition) is 0. The standard InChI is InChI=1S/C9H15Cl/c1-7(2)8-5-3-4-6-9(8)10/h4,6-9H,3,5H2,1-2H3. The normalized spacial score (nSPS) is 33.2. The van der Waals surface area contributed by atoms with Crippen LogP contribution in [0.2, 0.25) is 0 Å². The van der Waals surface area contributed by atoms with E-state index in [9.17, 15) is 0 Å². The van der Waals surface area contributed by atoms with Crippen molar-refractivity contribution in [2.24, 2.45) is 11.8 Å². The van der Waals surface area contributed by atoms with Crippen LogP contribution < -0.4 is 0 Å². The van der Waals surface area contributed by atoms with E-state index < -0.39 is 0 Å². The molecule has 0 aliphatic heterocycles. The highest BCUT2D eigenvalue weighted by molar-refractivity contribution is 6.22. The van der Waals surface area contributed by atoms with Crippen LogP contribution in [0.15, 0.2) is 12.2 Å². The lowest BCUT2D eigenvalue weighted by Crippen LogP contribution is -2.21. The van der Waals surface area contributed by atoms with Gasteiger partial charge in [-0.1, -0.05) is 26.0 Å². The van der Waals surface area contributed by atoms with Gasteiger partial charge in [-0.2, -0.15) is 0 Å². The first-order valence-electron chi connectivity index (χ1n) is 4.02. The van der Waals surface area contributed by atoms with Gasteiger partial charge in [0.15, 0.2) is 0 Å². The maximum atomic E-state index is 6.09. The Balaban J connectivity index is 2.52. The van der Waals surface area contributed by atoms with E-state index in [0.29, 0.717) is 5.92 Å². The number of rotatable bonds is 1. The second-order valence-corrected chi connectivity index (χ2v) is 3.86. The summed E-state index contributed by atoms with van der Waals surface area (Å²) in [7, 11) is 0. The summed E-state index contributed by atoms with van der Waals surface area (Å²) in [6.45, 7) is 4.50. The van der Waals surface area contributed by atoms with Gasteiger partial charge in [0.1, 0.15) is 0 Å². The third-order valence-electron chi connectivity index (χ3n) is 2.25. The Morgan fingerprint density at radius 1 is 1.50 bits per heavy atom. The van der Waals surface area contributed by atoms with E-state index >= 15 is 0 Å². The van der Waals surface area contributed by atoms with Gasteiger partial charge in [-0.25, -0.2) is 0 Å². The zero-order valence-corrected chi connectivity index (χ0v) is 7.43. The van der Waals surface area contributed by atoms with Crippen molar-refractivity contribution in [1.29, 1.82) is 0 Å². The lowest BCUT2D eigenvalue weighted by atomic mass is 9.85. The summed E-state index contributed by atoms with van der Waals surface area (Å²) in [5.74, 6) is 1.43. The second kappa shape index (κ2) is 3.43. The molecule has 1 aliphatic carbocycles. The molecule has 0 saturated heterocycles. The lowest BCUT2D eigenvalue weighted by Gasteiger charge is -2.26. The van der Waals surface area contributed by atoms with Crippen LogP contribution in [0.3, 0.4) is 0 Å². The van der Waals surface area contributed by atoms with Gasteiger partial charge in [-0.05, 0) is 24.7 Å². The average molecular weight is 159 g/mol. The summed E-state index contributed by atoms with van der Waals surface area (Å²) in [6, 6.07) is 0. The summed E-state index contributed by atoms with van der Waals surface area (Å²) in [5.41, 5.74) is 0. The number of alkyl halides is 1. The zero-order valence-electron chi connectivity index (χ0n) is 6.68. The Morgan fingerprint density at radius 3 is 2.60 bits per heavy atom. The quantitative estimate of drug-likeness (QED) is 0.406. The van der Waals surface area contributed by atoms with Crippen LogP contribution in [-0.4, -0.2) is 5.38 Å². The van der Waals surface area contributed by atoms with Gasteiger partial charge in [0.25, 0.3) is 0 Å². The molecule has 1 aliphatic rings. The number of halogens is 1. The van der Waals surface area contributed by atoms with Gasteiger partial charge in [0.05, 0.1) is 5.38 Å². The molecule has 0 aromatic rings. The smallest absolute Gasteiger partial charge is 0.0546 e. The van der Waals surface area contributed by atoms with Crippen LogP contribution in [0.25, 0.3) is 0 Å². The van der Waals surface area contributed by atoms with Crippen LogP contribution >= 0.6 is 11.6 Å². The molecule has 10 heavy (non-hydrogen) atoms. The predicted molar refractivity (Wildman–Crippen MR) is 46.3 cm³/mol. The molecule has 0 spiro atoms. The Kier molecular flexibility index (Phi) is 2.79. The molecule has 0 amide bonds. The Bertz CT molecular complexity index is 127. The first kappa shape index (κ1) is 8.13. The van der Waals surface area contributed by atoms with Gasteiger partial charge in [0, 0.05) is 0 Å². The molecule has 2 unspecified atom stereocenters. The van der Waals surface area contributed by atoms with Crippen molar-refractivity contribution in [3.8, 4) is 0 Å². The molecule has 1 rings (SSSR count). The second-order valence-electron chi connectivity index (χ2n) is 3.36. The molecule has 58 valence electrons. The third-order valence-corrected chi connectivity index (χ3v) is 2.72. The molecule has 0 radical (unpaired) electrons. The fourth-order valence-electron chi connectivity index (χ4n) is 1.52. The highest BCUT2D eigenvalue weighted by Crippen LogP contribution is 2.29. The van der Waals surface area contributed by atoms with E-state index in [0.717, 1.165) is 5.92 Å². The predicted octanol–water partition coefficient (Wildman–Crippen LogP) is 3.22. The van der Waals surface area contributed by atoms with Gasteiger partial charge < -0.3 is 0 Å². The zero-order chi connectivity index (χ0) is 7.56. The number of allylic oxidation sites excluding steroid dienone is 2. The van der Waals surface area contributed by atoms with Crippen molar-refractivity contribution >= 4 is 11.6 Å². The highest BCUT2D eigenvalue weighted by atomic mass is 35.5. The first-order chi connectivity index (χ1) is 4.72. The Morgan fingerprint density at radius 2 is 2.20 bits per heavy atom. The fourth-order valence-corrected chi connectivity index (χ4v) is 2.04. The molecule has 0 bridgehead atoms. The summed E-state index contributed by atoms with van der Waals surface area (Å²) >= 11 is 6.09. The van der Waals surface area contributed by atoms with Crippen molar-refractivity contribution in [3.63, 3.8) is 0 Å². The molecule has 0 aromatic heterocycles. The minimum Gasteiger partial charge on any atom is -0.118 e. The molecule has 2 atom stereocenters. The lowest BCUT2D eigenvalue weighted by molar-refractivity contribution is 0.361. The van der Waals surface area contributed by atoms with E-state index in [1.165, 1.54) is 12.8 Å². The topological polar surface area (TPSA) is 0 Å². The number of hydrogen-bond donors (Lipinski definition) is 0. The van der Waals surface area contributed by atoms with E-state index in [1.54, 1.807) is 0 Å². The van der Waals surface area contributed by atoms with Crippen LogP contribution in [0.5, 0.6) is 0 Å². The molecule has 0 heterocycles.